The summed E-state index contributed by atoms with van der Waals surface area (Å²) in [7, 11) is -3.72. The van der Waals surface area contributed by atoms with Crippen molar-refractivity contribution in [3.8, 4) is 0 Å². The molecule has 0 radical (unpaired) electrons. The van der Waals surface area contributed by atoms with Crippen LogP contribution < -0.4 is 5.32 Å². The lowest BCUT2D eigenvalue weighted by atomic mass is 10.1. The number of benzene rings is 4. The maximum Gasteiger partial charge on any atom is 0.243 e. The number of aromatic nitrogens is 2. The number of halogens is 4. The molecular weight excluding hydrogens is 794 g/mol. The van der Waals surface area contributed by atoms with Crippen molar-refractivity contribution in [2.24, 2.45) is 0 Å². The molecule has 2 atom stereocenters. The highest BCUT2D eigenvalue weighted by Gasteiger charge is 2.29. The summed E-state index contributed by atoms with van der Waals surface area (Å²) in [6.45, 7) is 11.4. The van der Waals surface area contributed by atoms with Gasteiger partial charge in [0, 0.05) is 52.6 Å². The molecule has 13 heteroatoms. The first-order chi connectivity index (χ1) is 23.9. The molecule has 278 valence electrons. The Morgan fingerprint density at radius 2 is 1.15 bits per heavy atom. The monoisotopic (exact) mass is 836 g/mol. The minimum Gasteiger partial charge on any atom is -0.310 e. The molecular formula is C39H44Cl4N4O2S3. The van der Waals surface area contributed by atoms with Gasteiger partial charge in [-0.05, 0) is 56.6 Å². The third-order valence-corrected chi connectivity index (χ3v) is 11.4. The van der Waals surface area contributed by atoms with Crippen LogP contribution in [0, 0.1) is 6.92 Å². The van der Waals surface area contributed by atoms with Crippen LogP contribution in [0.25, 0.3) is 21.5 Å². The molecule has 4 aromatic carbocycles. The summed E-state index contributed by atoms with van der Waals surface area (Å²) < 4.78 is 28.0. The van der Waals surface area contributed by atoms with Crippen molar-refractivity contribution in [3.63, 3.8) is 0 Å². The molecule has 52 heavy (non-hydrogen) atoms. The fourth-order valence-electron chi connectivity index (χ4n) is 5.46. The van der Waals surface area contributed by atoms with Gasteiger partial charge in [0.05, 0.1) is 14.9 Å². The minimum atomic E-state index is -3.72. The normalized spacial score (nSPS) is 12.0. The van der Waals surface area contributed by atoms with E-state index in [2.05, 4.69) is 53.4 Å². The fraction of sp³-hybridized carbons (Fsp3) is 0.231. The summed E-state index contributed by atoms with van der Waals surface area (Å²) in [5, 5.41) is 8.21. The molecule has 0 saturated heterocycles. The number of rotatable bonds is 8. The van der Waals surface area contributed by atoms with Crippen LogP contribution in [0.1, 0.15) is 56.5 Å². The summed E-state index contributed by atoms with van der Waals surface area (Å²) in [5.41, 5.74) is 3.44. The predicted octanol–water partition coefficient (Wildman–Crippen LogP) is 11.7. The van der Waals surface area contributed by atoms with Crippen molar-refractivity contribution in [1.29, 1.82) is 0 Å². The van der Waals surface area contributed by atoms with Crippen LogP contribution in [0.2, 0.25) is 20.4 Å². The highest BCUT2D eigenvalue weighted by Crippen LogP contribution is 2.33. The molecule has 1 N–H and O–H groups in total. The van der Waals surface area contributed by atoms with Crippen LogP contribution in [0.4, 0.5) is 0 Å². The Morgan fingerprint density at radius 1 is 0.673 bits per heavy atom. The first-order valence-corrected chi connectivity index (χ1v) is 19.1. The lowest BCUT2D eigenvalue weighted by Crippen LogP contribution is -2.33. The number of aryl methyl sites for hydroxylation is 1. The van der Waals surface area contributed by atoms with Gasteiger partial charge >= 0.3 is 0 Å². The number of hydrogen-bond acceptors (Lipinski definition) is 5. The van der Waals surface area contributed by atoms with Gasteiger partial charge in [0.25, 0.3) is 0 Å². The van der Waals surface area contributed by atoms with Crippen molar-refractivity contribution in [3.05, 3.63) is 146 Å². The van der Waals surface area contributed by atoms with Gasteiger partial charge in [-0.25, -0.2) is 18.4 Å². The molecule has 0 unspecified atom stereocenters. The van der Waals surface area contributed by atoms with Crippen LogP contribution in [-0.4, -0.2) is 35.8 Å². The second-order valence-corrected chi connectivity index (χ2v) is 15.0. The van der Waals surface area contributed by atoms with Gasteiger partial charge in [-0.1, -0.05) is 145 Å². The zero-order chi connectivity index (χ0) is 36.4. The van der Waals surface area contributed by atoms with Gasteiger partial charge in [0.15, 0.2) is 0 Å². The van der Waals surface area contributed by atoms with Crippen LogP contribution in [-0.2, 0) is 10.0 Å². The number of fused-ring (bicyclic) bond motifs is 2. The lowest BCUT2D eigenvalue weighted by Gasteiger charge is -2.27. The summed E-state index contributed by atoms with van der Waals surface area (Å²) in [6.07, 6.45) is 3.03. The van der Waals surface area contributed by atoms with Gasteiger partial charge in [0.2, 0.25) is 10.0 Å². The first kappa shape index (κ1) is 45.6. The maximum absolute atomic E-state index is 13.2. The highest BCUT2D eigenvalue weighted by molar-refractivity contribution is 7.89. The molecule has 0 amide bonds. The Bertz CT molecular complexity index is 2150. The van der Waals surface area contributed by atoms with E-state index in [0.717, 1.165) is 28.4 Å². The standard InChI is InChI=1S/C19H18Cl2N2O2S.C10H7Cl2N.C10H15N.2H2S/c1-3-23(13(2)14-7-5-4-6-8-14)26(24,25)15-9-10-16-17(11-15)19(21)22-12-18(16)20;1-6-2-3-7-8(4-6)10(12)13-5-9(7)11;1-3-11-9(2)10-7-5-4-6-8-10;;/h4-13H,3H2,1-2H3;2-5H,1H3;4-9,11H,3H2,1-2H3;2*1H2/t13-;;9-;;/m0.0../s1. The average Bonchev–Trinajstić information content (AvgIpc) is 3.13. The Balaban J connectivity index is 0.000000301. The molecule has 2 heterocycles. The van der Waals surface area contributed by atoms with Crippen LogP contribution >= 0.6 is 73.4 Å². The molecule has 0 aliphatic rings. The van der Waals surface area contributed by atoms with Crippen molar-refractivity contribution < 1.29 is 8.42 Å². The number of sulfonamides is 1. The van der Waals surface area contributed by atoms with Gasteiger partial charge in [-0.3, -0.25) is 0 Å². The van der Waals surface area contributed by atoms with E-state index >= 15 is 0 Å². The van der Waals surface area contributed by atoms with Gasteiger partial charge in [-0.15, -0.1) is 0 Å². The third-order valence-electron chi connectivity index (χ3n) is 8.15. The number of hydrogen-bond donors (Lipinski definition) is 1. The Hall–Kier alpha value is -2.57. The molecule has 6 rings (SSSR count). The van der Waals surface area contributed by atoms with E-state index in [1.807, 2.05) is 75.4 Å². The van der Waals surface area contributed by atoms with Crippen molar-refractivity contribution >= 4 is 105 Å². The molecule has 0 aliphatic heterocycles. The first-order valence-electron chi connectivity index (χ1n) is 16.2. The topological polar surface area (TPSA) is 75.2 Å². The lowest BCUT2D eigenvalue weighted by molar-refractivity contribution is 0.357. The van der Waals surface area contributed by atoms with Gasteiger partial charge in [-0.2, -0.15) is 31.3 Å². The highest BCUT2D eigenvalue weighted by atomic mass is 35.5. The SMILES string of the molecule is CCN([C@@H](C)c1ccccc1)S(=O)(=O)c1ccc2c(Cl)cnc(Cl)c2c1.CCN[C@@H](C)c1ccccc1.Cc1ccc2c(Cl)cnc(Cl)c2c1.S.S. The molecule has 0 aliphatic carbocycles. The summed E-state index contributed by atoms with van der Waals surface area (Å²) in [6, 6.07) is 30.9. The van der Waals surface area contributed by atoms with E-state index in [1.54, 1.807) is 18.3 Å². The van der Waals surface area contributed by atoms with E-state index < -0.39 is 10.0 Å². The fourth-order valence-corrected chi connectivity index (χ4v) is 7.95. The minimum absolute atomic E-state index is 0. The zero-order valence-electron chi connectivity index (χ0n) is 29.5. The summed E-state index contributed by atoms with van der Waals surface area (Å²) in [5.74, 6) is 0. The van der Waals surface area contributed by atoms with Gasteiger partial charge in [0.1, 0.15) is 10.3 Å². The smallest absolute Gasteiger partial charge is 0.243 e. The Morgan fingerprint density at radius 3 is 1.65 bits per heavy atom. The third kappa shape index (κ3) is 11.5. The van der Waals surface area contributed by atoms with E-state index in [4.69, 9.17) is 46.4 Å². The molecule has 2 aromatic heterocycles. The van der Waals surface area contributed by atoms with Gasteiger partial charge < -0.3 is 5.32 Å². The van der Waals surface area contributed by atoms with Crippen LogP contribution in [0.5, 0.6) is 0 Å². The van der Waals surface area contributed by atoms with E-state index in [-0.39, 0.29) is 43.1 Å². The second kappa shape index (κ2) is 21.4. The molecule has 0 spiro atoms. The number of pyridine rings is 2. The molecule has 6 nitrogen and oxygen atoms in total. The van der Waals surface area contributed by atoms with E-state index in [9.17, 15) is 8.42 Å². The molecule has 6 aromatic rings. The average molecular weight is 839 g/mol. The largest absolute Gasteiger partial charge is 0.310 e. The van der Waals surface area contributed by atoms with Crippen LogP contribution in [0.15, 0.2) is 114 Å². The number of nitrogens with one attached hydrogen (secondary N) is 1. The Labute approximate surface area is 341 Å². The van der Waals surface area contributed by atoms with Crippen molar-refractivity contribution in [2.45, 2.75) is 51.6 Å². The zero-order valence-corrected chi connectivity index (χ0v) is 35.4. The Kier molecular flexibility index (Phi) is 18.7. The predicted molar refractivity (Wildman–Crippen MR) is 232 cm³/mol. The molecule has 0 fully saturated rings. The molecule has 0 saturated carbocycles. The maximum atomic E-state index is 13.2. The summed E-state index contributed by atoms with van der Waals surface area (Å²) in [4.78, 5) is 8.15. The van der Waals surface area contributed by atoms with E-state index in [1.165, 1.54) is 22.1 Å². The van der Waals surface area contributed by atoms with Crippen molar-refractivity contribution in [1.82, 2.24) is 19.6 Å². The van der Waals surface area contributed by atoms with E-state index in [0.29, 0.717) is 38.6 Å². The van der Waals surface area contributed by atoms with Crippen LogP contribution in [0.3, 0.4) is 0 Å². The second-order valence-electron chi connectivity index (χ2n) is 11.5. The van der Waals surface area contributed by atoms with Crippen molar-refractivity contribution in [2.75, 3.05) is 13.1 Å². The number of nitrogens with zero attached hydrogens (tertiary/aromatic N) is 3. The molecule has 0 bridgehead atoms. The summed E-state index contributed by atoms with van der Waals surface area (Å²) >= 11 is 24.2. The quantitative estimate of drug-likeness (QED) is 0.155.